The van der Waals surface area contributed by atoms with Crippen molar-refractivity contribution in [3.05, 3.63) is 0 Å². The standard InChI is InChI=1S/C9H15NO2/c1-9(2,3)6-7(11)8-10-4-5-12-8/h4-6H2,1-3H3. The van der Waals surface area contributed by atoms with Crippen LogP contribution in [-0.4, -0.2) is 24.8 Å². The number of ether oxygens (including phenoxy) is 1. The molecular weight excluding hydrogens is 154 g/mol. The van der Waals surface area contributed by atoms with E-state index in [0.29, 0.717) is 25.5 Å². The van der Waals surface area contributed by atoms with Gasteiger partial charge in [-0.1, -0.05) is 20.8 Å². The van der Waals surface area contributed by atoms with Crippen molar-refractivity contribution in [2.75, 3.05) is 13.2 Å². The van der Waals surface area contributed by atoms with Gasteiger partial charge in [0.15, 0.2) is 0 Å². The molecule has 0 radical (unpaired) electrons. The van der Waals surface area contributed by atoms with Gasteiger partial charge in [0.2, 0.25) is 5.78 Å². The van der Waals surface area contributed by atoms with E-state index in [1.165, 1.54) is 0 Å². The van der Waals surface area contributed by atoms with Crippen LogP contribution in [0.15, 0.2) is 4.99 Å². The summed E-state index contributed by atoms with van der Waals surface area (Å²) in [5.74, 6) is 0.352. The highest BCUT2D eigenvalue weighted by atomic mass is 16.5. The number of rotatable bonds is 2. The predicted molar refractivity (Wildman–Crippen MR) is 47.3 cm³/mol. The quantitative estimate of drug-likeness (QED) is 0.627. The zero-order valence-corrected chi connectivity index (χ0v) is 7.89. The number of aliphatic imine (C=N–C) groups is 1. The van der Waals surface area contributed by atoms with E-state index in [0.717, 1.165) is 0 Å². The Morgan fingerprint density at radius 2 is 2.25 bits per heavy atom. The number of carbonyl (C=O) groups excluding carboxylic acids is 1. The Balaban J connectivity index is 2.49. The molecule has 12 heavy (non-hydrogen) atoms. The lowest BCUT2D eigenvalue weighted by Gasteiger charge is -2.15. The summed E-state index contributed by atoms with van der Waals surface area (Å²) in [5.41, 5.74) is 0.0194. The summed E-state index contributed by atoms with van der Waals surface area (Å²) < 4.78 is 5.06. The smallest absolute Gasteiger partial charge is 0.253 e. The maximum atomic E-state index is 11.4. The van der Waals surface area contributed by atoms with Crippen molar-refractivity contribution >= 4 is 11.7 Å². The van der Waals surface area contributed by atoms with Gasteiger partial charge in [-0.2, -0.15) is 0 Å². The third-order valence-electron chi connectivity index (χ3n) is 1.51. The number of Topliss-reactive ketones (excluding diaryl/α,β-unsaturated/α-hetero) is 1. The summed E-state index contributed by atoms with van der Waals surface area (Å²) in [6.07, 6.45) is 0.506. The molecule has 1 rings (SSSR count). The van der Waals surface area contributed by atoms with Crippen LogP contribution >= 0.6 is 0 Å². The molecule has 0 aliphatic carbocycles. The number of carbonyl (C=O) groups is 1. The van der Waals surface area contributed by atoms with Gasteiger partial charge < -0.3 is 4.74 Å². The van der Waals surface area contributed by atoms with Crippen LogP contribution in [0.5, 0.6) is 0 Å². The molecule has 0 spiro atoms. The van der Waals surface area contributed by atoms with Gasteiger partial charge in [-0.3, -0.25) is 4.79 Å². The van der Waals surface area contributed by atoms with Gasteiger partial charge in [0.1, 0.15) is 6.61 Å². The summed E-state index contributed by atoms with van der Waals surface area (Å²) >= 11 is 0. The van der Waals surface area contributed by atoms with Crippen LogP contribution in [0, 0.1) is 5.41 Å². The first-order chi connectivity index (χ1) is 5.49. The molecule has 0 aromatic heterocycles. The molecule has 1 heterocycles. The SMILES string of the molecule is CC(C)(C)CC(=O)C1=NCCO1. The second-order valence-electron chi connectivity index (χ2n) is 4.20. The number of ketones is 1. The minimum atomic E-state index is 0.0194. The third-order valence-corrected chi connectivity index (χ3v) is 1.51. The van der Waals surface area contributed by atoms with Gasteiger partial charge in [-0.05, 0) is 5.41 Å². The van der Waals surface area contributed by atoms with E-state index < -0.39 is 0 Å². The Labute approximate surface area is 72.8 Å². The lowest BCUT2D eigenvalue weighted by molar-refractivity contribution is -0.115. The lowest BCUT2D eigenvalue weighted by atomic mass is 9.90. The maximum absolute atomic E-state index is 11.4. The fourth-order valence-electron chi connectivity index (χ4n) is 1.06. The van der Waals surface area contributed by atoms with Crippen LogP contribution in [0.4, 0.5) is 0 Å². The van der Waals surface area contributed by atoms with Crippen LogP contribution < -0.4 is 0 Å². The topological polar surface area (TPSA) is 38.7 Å². The molecule has 0 atom stereocenters. The van der Waals surface area contributed by atoms with Crippen molar-refractivity contribution in [3.63, 3.8) is 0 Å². The molecular formula is C9H15NO2. The van der Waals surface area contributed by atoms with E-state index in [9.17, 15) is 4.79 Å². The maximum Gasteiger partial charge on any atom is 0.253 e. The molecule has 0 unspecified atom stereocenters. The predicted octanol–water partition coefficient (Wildman–Crippen LogP) is 1.42. The second kappa shape index (κ2) is 3.25. The minimum Gasteiger partial charge on any atom is -0.473 e. The molecule has 0 amide bonds. The normalized spacial score (nSPS) is 17.1. The Hall–Kier alpha value is -0.860. The average Bonchev–Trinajstić information content (AvgIpc) is 2.32. The highest BCUT2D eigenvalue weighted by Crippen LogP contribution is 2.19. The van der Waals surface area contributed by atoms with Gasteiger partial charge >= 0.3 is 0 Å². The van der Waals surface area contributed by atoms with Crippen LogP contribution in [0.3, 0.4) is 0 Å². The molecule has 0 bridgehead atoms. The van der Waals surface area contributed by atoms with Crippen LogP contribution in [0.25, 0.3) is 0 Å². The summed E-state index contributed by atoms with van der Waals surface area (Å²) in [5, 5.41) is 0. The van der Waals surface area contributed by atoms with Gasteiger partial charge in [0.05, 0.1) is 6.54 Å². The molecule has 1 aliphatic rings. The van der Waals surface area contributed by atoms with E-state index in [1.807, 2.05) is 20.8 Å². The van der Waals surface area contributed by atoms with Crippen LogP contribution in [0.2, 0.25) is 0 Å². The molecule has 0 saturated heterocycles. The van der Waals surface area contributed by atoms with Crippen molar-refractivity contribution in [2.24, 2.45) is 10.4 Å². The zero-order chi connectivity index (χ0) is 9.19. The first kappa shape index (κ1) is 9.23. The lowest BCUT2D eigenvalue weighted by Crippen LogP contribution is -2.21. The first-order valence-electron chi connectivity index (χ1n) is 4.19. The molecule has 1 aliphatic heterocycles. The summed E-state index contributed by atoms with van der Waals surface area (Å²) in [6, 6.07) is 0. The van der Waals surface area contributed by atoms with E-state index in [2.05, 4.69) is 4.99 Å². The van der Waals surface area contributed by atoms with E-state index in [-0.39, 0.29) is 11.2 Å². The van der Waals surface area contributed by atoms with Crippen LogP contribution in [-0.2, 0) is 9.53 Å². The zero-order valence-electron chi connectivity index (χ0n) is 7.89. The van der Waals surface area contributed by atoms with Gasteiger partial charge in [0, 0.05) is 6.42 Å². The number of hydrogen-bond donors (Lipinski definition) is 0. The van der Waals surface area contributed by atoms with Crippen molar-refractivity contribution < 1.29 is 9.53 Å². The average molecular weight is 169 g/mol. The van der Waals surface area contributed by atoms with Crippen LogP contribution in [0.1, 0.15) is 27.2 Å². The molecule has 0 aromatic carbocycles. The summed E-state index contributed by atoms with van der Waals surface area (Å²) in [7, 11) is 0. The molecule has 68 valence electrons. The monoisotopic (exact) mass is 169 g/mol. The molecule has 3 nitrogen and oxygen atoms in total. The van der Waals surface area contributed by atoms with Crippen molar-refractivity contribution in [1.29, 1.82) is 0 Å². The highest BCUT2D eigenvalue weighted by molar-refractivity contribution is 6.36. The fourth-order valence-corrected chi connectivity index (χ4v) is 1.06. The number of nitrogens with zero attached hydrogens (tertiary/aromatic N) is 1. The Bertz CT molecular complexity index is 213. The molecule has 0 aromatic rings. The summed E-state index contributed by atoms with van der Waals surface area (Å²) in [6.45, 7) is 7.28. The first-order valence-corrected chi connectivity index (χ1v) is 4.19. The fraction of sp³-hybridized carbons (Fsp3) is 0.778. The minimum absolute atomic E-state index is 0.0194. The van der Waals surface area contributed by atoms with E-state index in [4.69, 9.17) is 4.74 Å². The number of hydrogen-bond acceptors (Lipinski definition) is 3. The van der Waals surface area contributed by atoms with E-state index >= 15 is 0 Å². The van der Waals surface area contributed by atoms with Crippen molar-refractivity contribution in [2.45, 2.75) is 27.2 Å². The Kier molecular flexibility index (Phi) is 2.50. The highest BCUT2D eigenvalue weighted by Gasteiger charge is 2.23. The largest absolute Gasteiger partial charge is 0.473 e. The Morgan fingerprint density at radius 1 is 1.58 bits per heavy atom. The van der Waals surface area contributed by atoms with Gasteiger partial charge in [-0.15, -0.1) is 0 Å². The second-order valence-corrected chi connectivity index (χ2v) is 4.20. The molecule has 0 N–H and O–H groups in total. The Morgan fingerprint density at radius 3 is 2.67 bits per heavy atom. The molecule has 0 fully saturated rings. The molecule has 3 heteroatoms. The van der Waals surface area contributed by atoms with Gasteiger partial charge in [-0.25, -0.2) is 4.99 Å². The third kappa shape index (κ3) is 2.64. The van der Waals surface area contributed by atoms with E-state index in [1.54, 1.807) is 0 Å². The summed E-state index contributed by atoms with van der Waals surface area (Å²) in [4.78, 5) is 15.4. The molecule has 0 saturated carbocycles. The van der Waals surface area contributed by atoms with Crippen molar-refractivity contribution in [1.82, 2.24) is 0 Å². The van der Waals surface area contributed by atoms with Crippen molar-refractivity contribution in [3.8, 4) is 0 Å². The van der Waals surface area contributed by atoms with Gasteiger partial charge in [0.25, 0.3) is 5.90 Å².